The number of nitrogens with one attached hydrogen (secondary N) is 1. The Morgan fingerprint density at radius 2 is 1.92 bits per heavy atom. The second-order valence-corrected chi connectivity index (χ2v) is 7.80. The van der Waals surface area contributed by atoms with Crippen molar-refractivity contribution in [3.05, 3.63) is 29.3 Å². The molecule has 1 unspecified atom stereocenters. The third-order valence-corrected chi connectivity index (χ3v) is 5.76. The highest BCUT2D eigenvalue weighted by Gasteiger charge is 2.35. The molecule has 1 aromatic carbocycles. The first-order valence-electron chi connectivity index (χ1n) is 9.26. The first kappa shape index (κ1) is 17.7. The number of fused-ring (bicyclic) bond motifs is 1. The van der Waals surface area contributed by atoms with E-state index in [0.717, 1.165) is 51.4 Å². The zero-order valence-corrected chi connectivity index (χ0v) is 15.6. The fourth-order valence-electron chi connectivity index (χ4n) is 3.97. The first-order valence-corrected chi connectivity index (χ1v) is 9.26. The van der Waals surface area contributed by atoms with Gasteiger partial charge in [0.25, 0.3) is 0 Å². The number of nitrogens with zero attached hydrogens (tertiary/aromatic N) is 1. The Kier molecular flexibility index (Phi) is 5.48. The maximum Gasteiger partial charge on any atom is 0.122 e. The molecular weight excluding hydrogens is 300 g/mol. The molecule has 1 aromatic rings. The fraction of sp³-hybridized carbons (Fsp3) is 0.700. The van der Waals surface area contributed by atoms with E-state index in [9.17, 15) is 0 Å². The predicted molar refractivity (Wildman–Crippen MR) is 97.7 cm³/mol. The summed E-state index contributed by atoms with van der Waals surface area (Å²) in [5, 5.41) is 3.88. The minimum absolute atomic E-state index is 0.200. The molecule has 0 spiro atoms. The molecule has 2 aliphatic heterocycles. The smallest absolute Gasteiger partial charge is 0.122 e. The average molecular weight is 332 g/mol. The van der Waals surface area contributed by atoms with Crippen LogP contribution in [0, 0.1) is 5.92 Å². The molecule has 2 aliphatic rings. The van der Waals surface area contributed by atoms with Gasteiger partial charge in [0.05, 0.1) is 6.61 Å². The topological polar surface area (TPSA) is 33.7 Å². The summed E-state index contributed by atoms with van der Waals surface area (Å²) in [4.78, 5) is 2.39. The van der Waals surface area contributed by atoms with Gasteiger partial charge >= 0.3 is 0 Å². The molecule has 1 fully saturated rings. The van der Waals surface area contributed by atoms with Gasteiger partial charge in [0.2, 0.25) is 0 Å². The SMILES string of the molecule is CC(C)C(NCC1(N(C)C)CCOCC1)c1ccc2c(c1)CCO2. The van der Waals surface area contributed by atoms with Crippen molar-refractivity contribution in [1.29, 1.82) is 0 Å². The number of hydrogen-bond donors (Lipinski definition) is 1. The van der Waals surface area contributed by atoms with Crippen molar-refractivity contribution in [2.24, 2.45) is 5.92 Å². The summed E-state index contributed by atoms with van der Waals surface area (Å²) < 4.78 is 11.3. The Morgan fingerprint density at radius 3 is 2.58 bits per heavy atom. The summed E-state index contributed by atoms with van der Waals surface area (Å²) in [5.41, 5.74) is 2.94. The van der Waals surface area contributed by atoms with Crippen LogP contribution in [0.25, 0.3) is 0 Å². The molecule has 2 heterocycles. The Morgan fingerprint density at radius 1 is 1.17 bits per heavy atom. The molecule has 4 heteroatoms. The number of rotatable bonds is 6. The summed E-state index contributed by atoms with van der Waals surface area (Å²) in [6.45, 7) is 8.15. The summed E-state index contributed by atoms with van der Waals surface area (Å²) in [7, 11) is 4.40. The summed E-state index contributed by atoms with van der Waals surface area (Å²) in [5.74, 6) is 1.61. The second-order valence-electron chi connectivity index (χ2n) is 7.80. The zero-order valence-electron chi connectivity index (χ0n) is 15.6. The molecular formula is C20H32N2O2. The van der Waals surface area contributed by atoms with E-state index < -0.39 is 0 Å². The van der Waals surface area contributed by atoms with Crippen molar-refractivity contribution in [1.82, 2.24) is 10.2 Å². The van der Waals surface area contributed by atoms with E-state index >= 15 is 0 Å². The van der Waals surface area contributed by atoms with Crippen molar-refractivity contribution in [2.75, 3.05) is 40.5 Å². The molecule has 0 radical (unpaired) electrons. The highest BCUT2D eigenvalue weighted by atomic mass is 16.5. The summed E-state index contributed by atoms with van der Waals surface area (Å²) in [6.07, 6.45) is 3.22. The molecule has 0 amide bonds. The minimum Gasteiger partial charge on any atom is -0.493 e. The summed E-state index contributed by atoms with van der Waals surface area (Å²) >= 11 is 0. The number of hydrogen-bond acceptors (Lipinski definition) is 4. The van der Waals surface area contributed by atoms with Gasteiger partial charge < -0.3 is 19.7 Å². The molecule has 1 N–H and O–H groups in total. The van der Waals surface area contributed by atoms with Gasteiger partial charge in [-0.05, 0) is 50.0 Å². The third kappa shape index (κ3) is 3.61. The molecule has 24 heavy (non-hydrogen) atoms. The minimum atomic E-state index is 0.200. The standard InChI is InChI=1S/C20H32N2O2/c1-15(2)19(17-5-6-18-16(13-17)7-10-24-18)21-14-20(22(3)4)8-11-23-12-9-20/h5-6,13,15,19,21H,7-12,14H2,1-4H3. The van der Waals surface area contributed by atoms with Crippen LogP contribution in [0.3, 0.4) is 0 Å². The number of ether oxygens (including phenoxy) is 2. The third-order valence-electron chi connectivity index (χ3n) is 5.76. The Bertz CT molecular complexity index is 551. The lowest BCUT2D eigenvalue weighted by Crippen LogP contribution is -2.55. The molecule has 0 bridgehead atoms. The maximum absolute atomic E-state index is 5.66. The van der Waals surface area contributed by atoms with Gasteiger partial charge in [0, 0.05) is 37.8 Å². The molecule has 1 saturated heterocycles. The molecule has 4 nitrogen and oxygen atoms in total. The van der Waals surface area contributed by atoms with E-state index in [-0.39, 0.29) is 5.54 Å². The highest BCUT2D eigenvalue weighted by Crippen LogP contribution is 2.32. The van der Waals surface area contributed by atoms with E-state index in [2.05, 4.69) is 56.4 Å². The van der Waals surface area contributed by atoms with E-state index in [1.807, 2.05) is 0 Å². The van der Waals surface area contributed by atoms with E-state index in [0.29, 0.717) is 12.0 Å². The van der Waals surface area contributed by atoms with Crippen LogP contribution < -0.4 is 10.1 Å². The monoisotopic (exact) mass is 332 g/mol. The van der Waals surface area contributed by atoms with E-state index in [1.54, 1.807) is 0 Å². The lowest BCUT2D eigenvalue weighted by atomic mass is 9.87. The Labute approximate surface area is 146 Å². The van der Waals surface area contributed by atoms with Crippen LogP contribution in [0.4, 0.5) is 0 Å². The zero-order chi connectivity index (χ0) is 17.2. The maximum atomic E-state index is 5.66. The largest absolute Gasteiger partial charge is 0.493 e. The predicted octanol–water partition coefficient (Wildman–Crippen LogP) is 3.02. The van der Waals surface area contributed by atoms with Crippen LogP contribution in [0.5, 0.6) is 5.75 Å². The van der Waals surface area contributed by atoms with Crippen molar-refractivity contribution >= 4 is 0 Å². The van der Waals surface area contributed by atoms with Crippen LogP contribution in [0.1, 0.15) is 43.9 Å². The van der Waals surface area contributed by atoms with Crippen LogP contribution in [0.2, 0.25) is 0 Å². The van der Waals surface area contributed by atoms with Crippen LogP contribution in [-0.2, 0) is 11.2 Å². The van der Waals surface area contributed by atoms with Crippen LogP contribution in [0.15, 0.2) is 18.2 Å². The molecule has 0 saturated carbocycles. The normalized spacial score (nSPS) is 20.9. The van der Waals surface area contributed by atoms with Gasteiger partial charge in [-0.1, -0.05) is 26.0 Å². The van der Waals surface area contributed by atoms with Crippen molar-refractivity contribution in [2.45, 2.75) is 44.7 Å². The van der Waals surface area contributed by atoms with E-state index in [4.69, 9.17) is 9.47 Å². The molecule has 1 atom stereocenters. The van der Waals surface area contributed by atoms with Crippen molar-refractivity contribution in [3.8, 4) is 5.75 Å². The second kappa shape index (κ2) is 7.42. The Hall–Kier alpha value is -1.10. The highest BCUT2D eigenvalue weighted by molar-refractivity contribution is 5.41. The Balaban J connectivity index is 1.74. The van der Waals surface area contributed by atoms with Gasteiger partial charge in [-0.2, -0.15) is 0 Å². The van der Waals surface area contributed by atoms with Crippen molar-refractivity contribution in [3.63, 3.8) is 0 Å². The lowest BCUT2D eigenvalue weighted by molar-refractivity contribution is -0.00895. The molecule has 0 aromatic heterocycles. The summed E-state index contributed by atoms with van der Waals surface area (Å²) in [6, 6.07) is 7.08. The van der Waals surface area contributed by atoms with Crippen LogP contribution >= 0.6 is 0 Å². The van der Waals surface area contributed by atoms with Gasteiger partial charge in [-0.3, -0.25) is 0 Å². The van der Waals surface area contributed by atoms with Gasteiger partial charge in [0.15, 0.2) is 0 Å². The quantitative estimate of drug-likeness (QED) is 0.868. The first-order chi connectivity index (χ1) is 11.5. The van der Waals surface area contributed by atoms with Crippen LogP contribution in [-0.4, -0.2) is 50.9 Å². The molecule has 134 valence electrons. The lowest BCUT2D eigenvalue weighted by Gasteiger charge is -2.44. The molecule has 3 rings (SSSR count). The van der Waals surface area contributed by atoms with Crippen molar-refractivity contribution < 1.29 is 9.47 Å². The van der Waals surface area contributed by atoms with Gasteiger partial charge in [-0.25, -0.2) is 0 Å². The van der Waals surface area contributed by atoms with Gasteiger partial charge in [0.1, 0.15) is 5.75 Å². The number of likely N-dealkylation sites (N-methyl/N-ethyl adjacent to an activating group) is 1. The van der Waals surface area contributed by atoms with E-state index in [1.165, 1.54) is 11.1 Å². The van der Waals surface area contributed by atoms with Gasteiger partial charge in [-0.15, -0.1) is 0 Å². The average Bonchev–Trinajstić information content (AvgIpc) is 3.03. The fourth-order valence-corrected chi connectivity index (χ4v) is 3.97. The molecule has 0 aliphatic carbocycles. The number of benzene rings is 1.